The predicted molar refractivity (Wildman–Crippen MR) is 77.4 cm³/mol. The van der Waals surface area contributed by atoms with E-state index in [1.807, 2.05) is 0 Å². The highest BCUT2D eigenvalue weighted by Crippen LogP contribution is 2.28. The Kier molecular flexibility index (Phi) is 5.92. The first-order valence-corrected chi connectivity index (χ1v) is 8.21. The Balaban J connectivity index is 1.75. The molecule has 1 atom stereocenters. The molecule has 8 nitrogen and oxygen atoms in total. The van der Waals surface area contributed by atoms with Crippen molar-refractivity contribution < 1.29 is 31.9 Å². The summed E-state index contributed by atoms with van der Waals surface area (Å²) in [7, 11) is 0. The lowest BCUT2D eigenvalue weighted by atomic mass is 9.94. The predicted octanol–water partition coefficient (Wildman–Crippen LogP) is -0.190. The molecule has 0 bridgehead atoms. The van der Waals surface area contributed by atoms with E-state index in [2.05, 4.69) is 9.08 Å². The van der Waals surface area contributed by atoms with Crippen LogP contribution in [0.3, 0.4) is 0 Å². The lowest BCUT2D eigenvalue weighted by molar-refractivity contribution is -0.200. The topological polar surface area (TPSA) is 94.5 Å². The number of morpholine rings is 1. The second-order valence-electron chi connectivity index (χ2n) is 6.26. The van der Waals surface area contributed by atoms with Crippen LogP contribution in [0.2, 0.25) is 0 Å². The van der Waals surface area contributed by atoms with E-state index >= 15 is 0 Å². The van der Waals surface area contributed by atoms with E-state index in [-0.39, 0.29) is 18.8 Å². The highest BCUT2D eigenvalue weighted by molar-refractivity contribution is 7.74. The maximum Gasteiger partial charge on any atom is 0.313 e. The van der Waals surface area contributed by atoms with Crippen molar-refractivity contribution in [2.75, 3.05) is 52.7 Å². The lowest BCUT2D eigenvalue weighted by Gasteiger charge is -2.51. The van der Waals surface area contributed by atoms with E-state index in [9.17, 15) is 9.00 Å². The Labute approximate surface area is 132 Å². The van der Waals surface area contributed by atoms with Crippen LogP contribution in [-0.4, -0.2) is 77.9 Å². The second kappa shape index (κ2) is 7.33. The molecule has 0 aromatic carbocycles. The molecule has 1 spiro atoms. The van der Waals surface area contributed by atoms with Crippen LogP contribution in [0.15, 0.2) is 0 Å². The third kappa shape index (κ3) is 4.24. The third-order valence-corrected chi connectivity index (χ3v) is 4.28. The monoisotopic (exact) mass is 337 g/mol. The molecule has 2 rings (SSSR count). The first-order valence-electron chi connectivity index (χ1n) is 7.18. The summed E-state index contributed by atoms with van der Waals surface area (Å²) in [4.78, 5) is 14.2. The van der Waals surface area contributed by atoms with Crippen LogP contribution in [0.4, 0.5) is 0 Å². The van der Waals surface area contributed by atoms with Crippen LogP contribution < -0.4 is 0 Å². The molecule has 9 heteroatoms. The van der Waals surface area contributed by atoms with Gasteiger partial charge in [-0.3, -0.25) is 18.4 Å². The van der Waals surface area contributed by atoms with E-state index < -0.39 is 22.7 Å². The summed E-state index contributed by atoms with van der Waals surface area (Å²) in [5, 5.41) is 0. The average molecular weight is 337 g/mol. The molecule has 2 aliphatic heterocycles. The quantitative estimate of drug-likeness (QED) is 0.505. The zero-order chi connectivity index (χ0) is 16.2. The van der Waals surface area contributed by atoms with E-state index in [1.54, 1.807) is 13.8 Å². The van der Waals surface area contributed by atoms with Gasteiger partial charge in [0.15, 0.2) is 0 Å². The Morgan fingerprint density at radius 2 is 2.05 bits per heavy atom. The number of hydrogen-bond acceptors (Lipinski definition) is 7. The number of carbonyl (C=O) groups excluding carboxylic acids is 1. The molecule has 0 saturated carbocycles. The van der Waals surface area contributed by atoms with Crippen molar-refractivity contribution in [1.29, 1.82) is 0 Å². The van der Waals surface area contributed by atoms with Gasteiger partial charge in [0.25, 0.3) is 0 Å². The molecular formula is C13H23NO7S. The minimum atomic E-state index is -2.39. The van der Waals surface area contributed by atoms with Crippen LogP contribution in [-0.2, 0) is 34.5 Å². The minimum Gasteiger partial charge on any atom is -0.464 e. The van der Waals surface area contributed by atoms with Gasteiger partial charge < -0.3 is 14.2 Å². The molecule has 2 aliphatic rings. The average Bonchev–Trinajstić information content (AvgIpc) is 2.44. The van der Waals surface area contributed by atoms with Gasteiger partial charge in [0.05, 0.1) is 44.0 Å². The molecule has 22 heavy (non-hydrogen) atoms. The summed E-state index contributed by atoms with van der Waals surface area (Å²) in [5.74, 6) is -0.454. The molecule has 0 aromatic heterocycles. The van der Waals surface area contributed by atoms with Crippen LogP contribution >= 0.6 is 0 Å². The zero-order valence-electron chi connectivity index (χ0n) is 12.9. The van der Waals surface area contributed by atoms with Gasteiger partial charge in [0.2, 0.25) is 0 Å². The number of hydrogen-bond donors (Lipinski definition) is 1. The van der Waals surface area contributed by atoms with Gasteiger partial charge in [-0.2, -0.15) is 4.21 Å². The van der Waals surface area contributed by atoms with E-state index in [1.165, 1.54) is 0 Å². The molecule has 128 valence electrons. The summed E-state index contributed by atoms with van der Waals surface area (Å²) < 4.78 is 39.7. The number of rotatable bonds is 7. The molecule has 0 radical (unpaired) electrons. The van der Waals surface area contributed by atoms with Gasteiger partial charge in [-0.25, -0.2) is 0 Å². The van der Waals surface area contributed by atoms with Crippen molar-refractivity contribution in [3.63, 3.8) is 0 Å². The van der Waals surface area contributed by atoms with Crippen molar-refractivity contribution in [3.05, 3.63) is 0 Å². The van der Waals surface area contributed by atoms with Gasteiger partial charge >= 0.3 is 17.3 Å². The highest BCUT2D eigenvalue weighted by Gasteiger charge is 2.46. The number of nitrogens with zero attached hydrogens (tertiary/aromatic N) is 1. The van der Waals surface area contributed by atoms with E-state index in [4.69, 9.17) is 18.8 Å². The van der Waals surface area contributed by atoms with Crippen molar-refractivity contribution in [1.82, 2.24) is 4.90 Å². The molecule has 2 fully saturated rings. The number of esters is 1. The van der Waals surface area contributed by atoms with Crippen LogP contribution in [0.5, 0.6) is 0 Å². The Morgan fingerprint density at radius 1 is 1.36 bits per heavy atom. The summed E-state index contributed by atoms with van der Waals surface area (Å²) in [6.45, 7) is 7.29. The normalized spacial score (nSPS) is 23.0. The second-order valence-corrected chi connectivity index (χ2v) is 6.93. The molecule has 0 aliphatic carbocycles. The van der Waals surface area contributed by atoms with Crippen molar-refractivity contribution in [3.8, 4) is 0 Å². The number of carbonyl (C=O) groups is 1. The molecule has 1 N–H and O–H groups in total. The van der Waals surface area contributed by atoms with Crippen molar-refractivity contribution in [2.45, 2.75) is 19.4 Å². The van der Waals surface area contributed by atoms with Gasteiger partial charge in [0.1, 0.15) is 6.61 Å². The standard InChI is InChI=1S/C13H23NO7S/c1-12(2,7-21-22(16)17)11(15)20-6-4-14-3-5-18-8-13(14)9-19-10-13/h3-10H2,1-2H3,(H,16,17). The van der Waals surface area contributed by atoms with Crippen LogP contribution in [0.1, 0.15) is 13.8 Å². The van der Waals surface area contributed by atoms with E-state index in [0.717, 1.165) is 6.54 Å². The first-order chi connectivity index (χ1) is 10.4. The van der Waals surface area contributed by atoms with Crippen LogP contribution in [0, 0.1) is 5.41 Å². The maximum absolute atomic E-state index is 12.0. The fourth-order valence-corrected chi connectivity index (χ4v) is 2.81. The molecule has 0 amide bonds. The van der Waals surface area contributed by atoms with E-state index in [0.29, 0.717) is 33.0 Å². The van der Waals surface area contributed by atoms with Crippen molar-refractivity contribution >= 4 is 17.3 Å². The fraction of sp³-hybridized carbons (Fsp3) is 0.923. The SMILES string of the molecule is CC(C)(COS(=O)O)C(=O)OCCN1CCOCC12COC2. The lowest BCUT2D eigenvalue weighted by Crippen LogP contribution is -2.68. The summed E-state index contributed by atoms with van der Waals surface area (Å²) in [6.07, 6.45) is 0. The maximum atomic E-state index is 12.0. The summed E-state index contributed by atoms with van der Waals surface area (Å²) in [5.41, 5.74) is -1.04. The van der Waals surface area contributed by atoms with Gasteiger partial charge in [-0.05, 0) is 13.8 Å². The third-order valence-electron chi connectivity index (χ3n) is 3.96. The fourth-order valence-electron chi connectivity index (χ4n) is 2.42. The molecule has 0 aromatic rings. The summed E-state index contributed by atoms with van der Waals surface area (Å²) in [6, 6.07) is 0. The van der Waals surface area contributed by atoms with Gasteiger partial charge in [0, 0.05) is 13.1 Å². The summed E-state index contributed by atoms with van der Waals surface area (Å²) >= 11 is -2.39. The Hall–Kier alpha value is -0.580. The first kappa shape index (κ1) is 17.8. The highest BCUT2D eigenvalue weighted by atomic mass is 32.2. The van der Waals surface area contributed by atoms with Crippen molar-refractivity contribution in [2.24, 2.45) is 5.41 Å². The molecular weight excluding hydrogens is 314 g/mol. The van der Waals surface area contributed by atoms with Gasteiger partial charge in [-0.15, -0.1) is 0 Å². The van der Waals surface area contributed by atoms with Gasteiger partial charge in [-0.1, -0.05) is 0 Å². The Bertz CT molecular complexity index is 425. The molecule has 2 heterocycles. The Morgan fingerprint density at radius 3 is 2.64 bits per heavy atom. The molecule has 1 unspecified atom stereocenters. The minimum absolute atomic E-state index is 0.0723. The van der Waals surface area contributed by atoms with Crippen LogP contribution in [0.25, 0.3) is 0 Å². The largest absolute Gasteiger partial charge is 0.464 e. The number of ether oxygens (including phenoxy) is 3. The molecule has 2 saturated heterocycles. The smallest absolute Gasteiger partial charge is 0.313 e. The zero-order valence-corrected chi connectivity index (χ0v) is 13.7.